The van der Waals surface area contributed by atoms with Crippen LogP contribution in [0.25, 0.3) is 11.3 Å². The van der Waals surface area contributed by atoms with Gasteiger partial charge in [0.1, 0.15) is 0 Å². The number of rotatable bonds is 9. The highest BCUT2D eigenvalue weighted by atomic mass is 32.2. The quantitative estimate of drug-likeness (QED) is 0.697. The SMILES string of the molecule is CSCCCCCNCc1cn[nH]c1-c1cccnc1. The Kier molecular flexibility index (Phi) is 6.60. The maximum absolute atomic E-state index is 4.15. The number of unbranched alkanes of at least 4 members (excludes halogenated alkanes) is 2. The molecular formula is C15H22N4S. The van der Waals surface area contributed by atoms with Crippen LogP contribution in [-0.4, -0.2) is 33.7 Å². The molecule has 0 aliphatic carbocycles. The van der Waals surface area contributed by atoms with Gasteiger partial charge >= 0.3 is 0 Å². The lowest BCUT2D eigenvalue weighted by Crippen LogP contribution is -2.14. The monoisotopic (exact) mass is 290 g/mol. The predicted octanol–water partition coefficient (Wildman–Crippen LogP) is 3.09. The van der Waals surface area contributed by atoms with Crippen molar-refractivity contribution in [3.63, 3.8) is 0 Å². The molecule has 0 saturated carbocycles. The standard InChI is InChI=1S/C15H22N4S/c1-20-9-4-2-3-7-16-11-14-12-18-19-15(14)13-6-5-8-17-10-13/h5-6,8,10,12,16H,2-4,7,9,11H2,1H3,(H,18,19). The summed E-state index contributed by atoms with van der Waals surface area (Å²) < 4.78 is 0. The second-order valence-corrected chi connectivity index (χ2v) is 5.73. The molecule has 0 amide bonds. The largest absolute Gasteiger partial charge is 0.313 e. The summed E-state index contributed by atoms with van der Waals surface area (Å²) in [5, 5.41) is 10.7. The lowest BCUT2D eigenvalue weighted by atomic mass is 10.1. The predicted molar refractivity (Wildman–Crippen MR) is 85.8 cm³/mol. The third-order valence-corrected chi connectivity index (χ3v) is 3.88. The molecule has 2 aromatic rings. The van der Waals surface area contributed by atoms with Crippen LogP contribution in [-0.2, 0) is 6.54 Å². The van der Waals surface area contributed by atoms with Gasteiger partial charge in [-0.25, -0.2) is 0 Å². The molecule has 2 heterocycles. The Labute approximate surface area is 124 Å². The molecule has 20 heavy (non-hydrogen) atoms. The number of aromatic amines is 1. The third-order valence-electron chi connectivity index (χ3n) is 3.19. The number of H-pyrrole nitrogens is 1. The number of aromatic nitrogens is 3. The number of hydrogen-bond acceptors (Lipinski definition) is 4. The fourth-order valence-corrected chi connectivity index (χ4v) is 2.59. The average molecular weight is 290 g/mol. The second-order valence-electron chi connectivity index (χ2n) is 4.74. The molecule has 108 valence electrons. The van der Waals surface area contributed by atoms with E-state index in [4.69, 9.17) is 0 Å². The molecule has 0 fully saturated rings. The fraction of sp³-hybridized carbons (Fsp3) is 0.467. The number of nitrogens with zero attached hydrogens (tertiary/aromatic N) is 2. The Morgan fingerprint density at radius 2 is 2.20 bits per heavy atom. The van der Waals surface area contributed by atoms with Gasteiger partial charge in [0.05, 0.1) is 11.9 Å². The number of thioether (sulfide) groups is 1. The molecule has 0 atom stereocenters. The van der Waals surface area contributed by atoms with E-state index in [-0.39, 0.29) is 0 Å². The smallest absolute Gasteiger partial charge is 0.0710 e. The van der Waals surface area contributed by atoms with E-state index in [1.165, 1.54) is 30.6 Å². The minimum Gasteiger partial charge on any atom is -0.313 e. The number of hydrogen-bond donors (Lipinski definition) is 2. The zero-order valence-electron chi connectivity index (χ0n) is 11.9. The van der Waals surface area contributed by atoms with Crippen LogP contribution in [0.1, 0.15) is 24.8 Å². The van der Waals surface area contributed by atoms with Crippen LogP contribution in [0.2, 0.25) is 0 Å². The van der Waals surface area contributed by atoms with E-state index < -0.39 is 0 Å². The molecule has 0 radical (unpaired) electrons. The molecule has 0 saturated heterocycles. The zero-order valence-corrected chi connectivity index (χ0v) is 12.7. The van der Waals surface area contributed by atoms with Gasteiger partial charge in [-0.05, 0) is 43.5 Å². The summed E-state index contributed by atoms with van der Waals surface area (Å²) in [6, 6.07) is 3.99. The van der Waals surface area contributed by atoms with Gasteiger partial charge in [0, 0.05) is 30.1 Å². The van der Waals surface area contributed by atoms with Crippen molar-refractivity contribution < 1.29 is 0 Å². The maximum Gasteiger partial charge on any atom is 0.0710 e. The third kappa shape index (κ3) is 4.65. The van der Waals surface area contributed by atoms with Gasteiger partial charge in [0.25, 0.3) is 0 Å². The van der Waals surface area contributed by atoms with E-state index in [1.807, 2.05) is 36.3 Å². The van der Waals surface area contributed by atoms with Crippen molar-refractivity contribution in [3.8, 4) is 11.3 Å². The summed E-state index contributed by atoms with van der Waals surface area (Å²) in [6.07, 6.45) is 11.6. The Balaban J connectivity index is 1.76. The zero-order chi connectivity index (χ0) is 14.0. The first-order chi connectivity index (χ1) is 9.92. The normalized spacial score (nSPS) is 10.8. The van der Waals surface area contributed by atoms with Crippen molar-refractivity contribution in [2.75, 3.05) is 18.6 Å². The Bertz CT molecular complexity index is 484. The topological polar surface area (TPSA) is 53.6 Å². The molecule has 5 heteroatoms. The first-order valence-corrected chi connectivity index (χ1v) is 8.43. The molecule has 2 rings (SSSR count). The van der Waals surface area contributed by atoms with Crippen molar-refractivity contribution in [1.29, 1.82) is 0 Å². The van der Waals surface area contributed by atoms with Gasteiger partial charge in [-0.15, -0.1) is 0 Å². The van der Waals surface area contributed by atoms with Crippen LogP contribution in [0.3, 0.4) is 0 Å². The van der Waals surface area contributed by atoms with E-state index in [0.29, 0.717) is 0 Å². The van der Waals surface area contributed by atoms with Crippen LogP contribution in [0.15, 0.2) is 30.7 Å². The fourth-order valence-electron chi connectivity index (χ4n) is 2.10. The molecule has 0 spiro atoms. The highest BCUT2D eigenvalue weighted by molar-refractivity contribution is 7.98. The molecule has 2 aromatic heterocycles. The van der Waals surface area contributed by atoms with Crippen LogP contribution in [0.4, 0.5) is 0 Å². The van der Waals surface area contributed by atoms with E-state index in [2.05, 4.69) is 26.8 Å². The summed E-state index contributed by atoms with van der Waals surface area (Å²) in [5.41, 5.74) is 3.34. The van der Waals surface area contributed by atoms with Gasteiger partial charge in [-0.3, -0.25) is 10.1 Å². The van der Waals surface area contributed by atoms with Crippen molar-refractivity contribution in [3.05, 3.63) is 36.3 Å². The summed E-state index contributed by atoms with van der Waals surface area (Å²) in [5.74, 6) is 1.27. The Hall–Kier alpha value is -1.33. The number of nitrogens with one attached hydrogen (secondary N) is 2. The van der Waals surface area contributed by atoms with Gasteiger partial charge < -0.3 is 5.32 Å². The summed E-state index contributed by atoms with van der Waals surface area (Å²) in [7, 11) is 0. The van der Waals surface area contributed by atoms with E-state index in [0.717, 1.165) is 24.3 Å². The molecule has 0 aliphatic rings. The Morgan fingerprint density at radius 1 is 1.25 bits per heavy atom. The summed E-state index contributed by atoms with van der Waals surface area (Å²) in [4.78, 5) is 4.15. The van der Waals surface area contributed by atoms with E-state index in [9.17, 15) is 0 Å². The second kappa shape index (κ2) is 8.76. The van der Waals surface area contributed by atoms with E-state index >= 15 is 0 Å². The minimum atomic E-state index is 0.850. The van der Waals surface area contributed by atoms with Crippen LogP contribution < -0.4 is 5.32 Å². The molecule has 2 N–H and O–H groups in total. The van der Waals surface area contributed by atoms with Gasteiger partial charge in [0.15, 0.2) is 0 Å². The molecular weight excluding hydrogens is 268 g/mol. The summed E-state index contributed by atoms with van der Waals surface area (Å²) >= 11 is 1.92. The molecule has 4 nitrogen and oxygen atoms in total. The van der Waals surface area contributed by atoms with Crippen molar-refractivity contribution in [1.82, 2.24) is 20.5 Å². The van der Waals surface area contributed by atoms with Gasteiger partial charge in [0.2, 0.25) is 0 Å². The summed E-state index contributed by atoms with van der Waals surface area (Å²) in [6.45, 7) is 1.91. The maximum atomic E-state index is 4.15. The highest BCUT2D eigenvalue weighted by Crippen LogP contribution is 2.19. The van der Waals surface area contributed by atoms with Crippen molar-refractivity contribution in [2.24, 2.45) is 0 Å². The molecule has 0 unspecified atom stereocenters. The average Bonchev–Trinajstić information content (AvgIpc) is 2.96. The highest BCUT2D eigenvalue weighted by Gasteiger charge is 2.06. The number of pyridine rings is 1. The van der Waals surface area contributed by atoms with Gasteiger partial charge in [-0.1, -0.05) is 6.42 Å². The molecule has 0 bridgehead atoms. The lowest BCUT2D eigenvalue weighted by Gasteiger charge is -2.05. The lowest BCUT2D eigenvalue weighted by molar-refractivity contribution is 0.619. The van der Waals surface area contributed by atoms with Crippen molar-refractivity contribution in [2.45, 2.75) is 25.8 Å². The van der Waals surface area contributed by atoms with E-state index in [1.54, 1.807) is 6.20 Å². The molecule has 0 aromatic carbocycles. The van der Waals surface area contributed by atoms with Crippen LogP contribution in [0.5, 0.6) is 0 Å². The van der Waals surface area contributed by atoms with Crippen LogP contribution >= 0.6 is 11.8 Å². The van der Waals surface area contributed by atoms with Gasteiger partial charge in [-0.2, -0.15) is 16.9 Å². The molecule has 0 aliphatic heterocycles. The van der Waals surface area contributed by atoms with Crippen molar-refractivity contribution >= 4 is 11.8 Å². The first kappa shape index (κ1) is 15.1. The Morgan fingerprint density at radius 3 is 3.00 bits per heavy atom. The van der Waals surface area contributed by atoms with Crippen LogP contribution in [0, 0.1) is 0 Å². The minimum absolute atomic E-state index is 0.850. The first-order valence-electron chi connectivity index (χ1n) is 7.04.